The molecular weight excluding hydrogens is 356 g/mol. The summed E-state index contributed by atoms with van der Waals surface area (Å²) < 4.78 is 5.69. The van der Waals surface area contributed by atoms with Crippen LogP contribution in [-0.2, 0) is 0 Å². The van der Waals surface area contributed by atoms with Crippen molar-refractivity contribution < 1.29 is 9.53 Å². The Morgan fingerprint density at radius 1 is 1.00 bits per heavy atom. The standard InChI is InChI=1S/C21H16N4O3/c1-13-2-7-17-19(26)18(12-23-20(17)24-13)21(27)25-14-3-5-15(6-4-14)28-16-8-10-22-11-9-16/h2-12H,1H3,(H,25,27)(H,23,24,26). The minimum absolute atomic E-state index is 0.0234. The lowest BCUT2D eigenvalue weighted by Crippen LogP contribution is -2.22. The van der Waals surface area contributed by atoms with E-state index >= 15 is 0 Å². The molecule has 4 aromatic rings. The SMILES string of the molecule is Cc1ccc2c(=O)c(C(=O)Nc3ccc(Oc4ccncc4)cc3)c[nH]c2n1. The fourth-order valence-corrected chi connectivity index (χ4v) is 2.72. The minimum atomic E-state index is -0.494. The van der Waals surface area contributed by atoms with Crippen molar-refractivity contribution in [2.75, 3.05) is 5.32 Å². The number of aromatic amines is 1. The lowest BCUT2D eigenvalue weighted by Gasteiger charge is -2.08. The van der Waals surface area contributed by atoms with Crippen LogP contribution < -0.4 is 15.5 Å². The molecule has 0 bridgehead atoms. The summed E-state index contributed by atoms with van der Waals surface area (Å²) in [5, 5.41) is 3.10. The molecule has 4 rings (SSSR count). The number of nitrogens with zero attached hydrogens (tertiary/aromatic N) is 2. The van der Waals surface area contributed by atoms with Crippen LogP contribution in [0.4, 0.5) is 5.69 Å². The van der Waals surface area contributed by atoms with Gasteiger partial charge in [0.2, 0.25) is 5.43 Å². The first kappa shape index (κ1) is 17.4. The summed E-state index contributed by atoms with van der Waals surface area (Å²) in [4.78, 5) is 36.2. The Balaban J connectivity index is 1.52. The number of amides is 1. The number of H-pyrrole nitrogens is 1. The summed E-state index contributed by atoms with van der Waals surface area (Å²) >= 11 is 0. The molecular formula is C21H16N4O3. The highest BCUT2D eigenvalue weighted by molar-refractivity contribution is 6.05. The molecule has 0 aliphatic heterocycles. The van der Waals surface area contributed by atoms with E-state index in [2.05, 4.69) is 20.3 Å². The third-order valence-corrected chi connectivity index (χ3v) is 4.12. The van der Waals surface area contributed by atoms with Crippen molar-refractivity contribution in [3.05, 3.63) is 88.6 Å². The highest BCUT2D eigenvalue weighted by Gasteiger charge is 2.14. The number of aryl methyl sites for hydroxylation is 1. The van der Waals surface area contributed by atoms with E-state index in [4.69, 9.17) is 4.74 Å². The van der Waals surface area contributed by atoms with Gasteiger partial charge in [0.15, 0.2) is 0 Å². The molecule has 0 aliphatic rings. The molecule has 2 N–H and O–H groups in total. The van der Waals surface area contributed by atoms with E-state index < -0.39 is 5.91 Å². The smallest absolute Gasteiger partial charge is 0.261 e. The largest absolute Gasteiger partial charge is 0.457 e. The highest BCUT2D eigenvalue weighted by atomic mass is 16.5. The van der Waals surface area contributed by atoms with Crippen molar-refractivity contribution >= 4 is 22.6 Å². The third-order valence-electron chi connectivity index (χ3n) is 4.12. The number of ether oxygens (including phenoxy) is 1. The Kier molecular flexibility index (Phi) is 4.55. The molecule has 0 fully saturated rings. The average molecular weight is 372 g/mol. The van der Waals surface area contributed by atoms with Crippen molar-refractivity contribution in [3.8, 4) is 11.5 Å². The van der Waals surface area contributed by atoms with E-state index in [1.165, 1.54) is 6.20 Å². The summed E-state index contributed by atoms with van der Waals surface area (Å²) in [7, 11) is 0. The van der Waals surface area contributed by atoms with Crippen LogP contribution in [0.3, 0.4) is 0 Å². The summed E-state index contributed by atoms with van der Waals surface area (Å²) in [5.74, 6) is 0.791. The number of nitrogens with one attached hydrogen (secondary N) is 2. The van der Waals surface area contributed by atoms with Crippen molar-refractivity contribution in [1.82, 2.24) is 15.0 Å². The van der Waals surface area contributed by atoms with Crippen LogP contribution >= 0.6 is 0 Å². The third kappa shape index (κ3) is 3.59. The molecule has 3 aromatic heterocycles. The average Bonchev–Trinajstić information content (AvgIpc) is 2.70. The molecule has 0 aliphatic carbocycles. The second kappa shape index (κ2) is 7.32. The maximum Gasteiger partial charge on any atom is 0.261 e. The maximum absolute atomic E-state index is 12.6. The van der Waals surface area contributed by atoms with Crippen LogP contribution in [0, 0.1) is 6.92 Å². The van der Waals surface area contributed by atoms with Gasteiger partial charge in [-0.2, -0.15) is 0 Å². The zero-order valence-corrected chi connectivity index (χ0v) is 15.0. The Hall–Kier alpha value is -4.00. The van der Waals surface area contributed by atoms with Gasteiger partial charge in [-0.3, -0.25) is 14.6 Å². The number of pyridine rings is 3. The number of aromatic nitrogens is 3. The van der Waals surface area contributed by atoms with Gasteiger partial charge < -0.3 is 15.0 Å². The first-order valence-electron chi connectivity index (χ1n) is 8.58. The zero-order valence-electron chi connectivity index (χ0n) is 15.0. The van der Waals surface area contributed by atoms with Crippen LogP contribution in [0.2, 0.25) is 0 Å². The predicted octanol–water partition coefficient (Wildman–Crippen LogP) is 3.67. The molecule has 0 unspecified atom stereocenters. The van der Waals surface area contributed by atoms with Gasteiger partial charge in [-0.15, -0.1) is 0 Å². The van der Waals surface area contributed by atoms with Gasteiger partial charge in [-0.25, -0.2) is 4.98 Å². The number of hydrogen-bond donors (Lipinski definition) is 2. The van der Waals surface area contributed by atoms with Crippen LogP contribution in [0.5, 0.6) is 11.5 Å². The van der Waals surface area contributed by atoms with Crippen LogP contribution in [0.1, 0.15) is 16.1 Å². The Labute approximate surface area is 160 Å². The second-order valence-electron chi connectivity index (χ2n) is 6.14. The fraction of sp³-hybridized carbons (Fsp3) is 0.0476. The van der Waals surface area contributed by atoms with Crippen LogP contribution in [-0.4, -0.2) is 20.9 Å². The Bertz CT molecular complexity index is 1200. The van der Waals surface area contributed by atoms with Crippen LogP contribution in [0.15, 0.2) is 71.9 Å². The van der Waals surface area contributed by atoms with Gasteiger partial charge in [-0.1, -0.05) is 0 Å². The van der Waals surface area contributed by atoms with Crippen LogP contribution in [0.25, 0.3) is 11.0 Å². The lowest BCUT2D eigenvalue weighted by atomic mass is 10.1. The number of fused-ring (bicyclic) bond motifs is 1. The first-order chi connectivity index (χ1) is 13.6. The van der Waals surface area contributed by atoms with Gasteiger partial charge in [-0.05, 0) is 55.5 Å². The van der Waals surface area contributed by atoms with E-state index in [1.807, 2.05) is 6.92 Å². The van der Waals surface area contributed by atoms with Crippen molar-refractivity contribution in [2.24, 2.45) is 0 Å². The molecule has 7 nitrogen and oxygen atoms in total. The maximum atomic E-state index is 12.6. The molecule has 1 amide bonds. The molecule has 0 saturated carbocycles. The summed E-state index contributed by atoms with van der Waals surface area (Å²) in [6, 6.07) is 13.8. The molecule has 28 heavy (non-hydrogen) atoms. The Morgan fingerprint density at radius 3 is 2.46 bits per heavy atom. The number of hydrogen-bond acceptors (Lipinski definition) is 5. The van der Waals surface area contributed by atoms with E-state index in [-0.39, 0.29) is 11.0 Å². The van der Waals surface area contributed by atoms with E-state index in [1.54, 1.807) is 60.9 Å². The fourth-order valence-electron chi connectivity index (χ4n) is 2.72. The minimum Gasteiger partial charge on any atom is -0.457 e. The van der Waals surface area contributed by atoms with Crippen molar-refractivity contribution in [1.29, 1.82) is 0 Å². The zero-order chi connectivity index (χ0) is 19.5. The van der Waals surface area contributed by atoms with Gasteiger partial charge in [0.05, 0.1) is 5.39 Å². The quantitative estimate of drug-likeness (QED) is 0.570. The number of rotatable bonds is 4. The number of anilines is 1. The van der Waals surface area contributed by atoms with Gasteiger partial charge in [0.1, 0.15) is 22.7 Å². The van der Waals surface area contributed by atoms with Crippen molar-refractivity contribution in [3.63, 3.8) is 0 Å². The molecule has 0 radical (unpaired) electrons. The second-order valence-corrected chi connectivity index (χ2v) is 6.14. The van der Waals surface area contributed by atoms with Crippen molar-refractivity contribution in [2.45, 2.75) is 6.92 Å². The molecule has 0 atom stereocenters. The first-order valence-corrected chi connectivity index (χ1v) is 8.58. The number of benzene rings is 1. The molecule has 1 aromatic carbocycles. The molecule has 0 spiro atoms. The number of carbonyl (C=O) groups excluding carboxylic acids is 1. The van der Waals surface area contributed by atoms with Gasteiger partial charge in [0.25, 0.3) is 5.91 Å². The summed E-state index contributed by atoms with van der Waals surface area (Å²) in [5.41, 5.74) is 1.45. The number of carbonyl (C=O) groups is 1. The topological polar surface area (TPSA) is 97.0 Å². The van der Waals surface area contributed by atoms with E-state index in [0.717, 1.165) is 5.69 Å². The molecule has 3 heterocycles. The van der Waals surface area contributed by atoms with E-state index in [9.17, 15) is 9.59 Å². The lowest BCUT2D eigenvalue weighted by molar-refractivity contribution is 0.102. The normalized spacial score (nSPS) is 10.6. The Morgan fingerprint density at radius 2 is 1.71 bits per heavy atom. The van der Waals surface area contributed by atoms with E-state index in [0.29, 0.717) is 28.2 Å². The van der Waals surface area contributed by atoms with Gasteiger partial charge in [0, 0.05) is 30.0 Å². The highest BCUT2D eigenvalue weighted by Crippen LogP contribution is 2.22. The molecule has 7 heteroatoms. The monoisotopic (exact) mass is 372 g/mol. The summed E-state index contributed by atoms with van der Waals surface area (Å²) in [6.45, 7) is 1.83. The summed E-state index contributed by atoms with van der Waals surface area (Å²) in [6.07, 6.45) is 4.66. The predicted molar refractivity (Wildman–Crippen MR) is 106 cm³/mol. The van der Waals surface area contributed by atoms with Gasteiger partial charge >= 0.3 is 0 Å². The molecule has 138 valence electrons. The molecule has 0 saturated heterocycles.